The van der Waals surface area contributed by atoms with Crippen LogP contribution in [0.2, 0.25) is 0 Å². The lowest BCUT2D eigenvalue weighted by Gasteiger charge is -2.29. The Balaban J connectivity index is 1.66. The van der Waals surface area contributed by atoms with Crippen LogP contribution in [0.1, 0.15) is 75.6 Å². The molecule has 1 aromatic rings. The Hall–Kier alpha value is -0.340. The minimum absolute atomic E-state index is 0.635. The number of thiophene rings is 1. The van der Waals surface area contributed by atoms with Crippen molar-refractivity contribution in [1.29, 1.82) is 0 Å². The second-order valence-electron chi connectivity index (χ2n) is 7.01. The largest absolute Gasteiger partial charge is 0.306 e. The molecule has 3 rings (SSSR count). The Bertz CT molecular complexity index is 380. The van der Waals surface area contributed by atoms with Crippen molar-refractivity contribution in [3.63, 3.8) is 0 Å². The van der Waals surface area contributed by atoms with Crippen molar-refractivity contribution in [2.45, 2.75) is 76.8 Å². The van der Waals surface area contributed by atoms with Crippen LogP contribution in [0.25, 0.3) is 0 Å². The molecular formula is C18H29NS. The van der Waals surface area contributed by atoms with E-state index < -0.39 is 0 Å². The van der Waals surface area contributed by atoms with E-state index in [2.05, 4.69) is 29.8 Å². The predicted octanol–water partition coefficient (Wildman–Crippen LogP) is 5.54. The van der Waals surface area contributed by atoms with Crippen LogP contribution < -0.4 is 5.32 Å². The van der Waals surface area contributed by atoms with Crippen molar-refractivity contribution in [2.75, 3.05) is 0 Å². The van der Waals surface area contributed by atoms with Gasteiger partial charge in [0.1, 0.15) is 0 Å². The summed E-state index contributed by atoms with van der Waals surface area (Å²) in [5.74, 6) is 1.82. The molecule has 3 unspecified atom stereocenters. The van der Waals surface area contributed by atoms with Crippen LogP contribution in [-0.2, 0) is 0 Å². The molecule has 3 atom stereocenters. The molecule has 0 aromatic carbocycles. The Morgan fingerprint density at radius 2 is 1.90 bits per heavy atom. The van der Waals surface area contributed by atoms with Crippen molar-refractivity contribution < 1.29 is 0 Å². The number of hydrogen-bond acceptors (Lipinski definition) is 2. The zero-order chi connectivity index (χ0) is 13.8. The van der Waals surface area contributed by atoms with E-state index in [1.165, 1.54) is 57.8 Å². The highest BCUT2D eigenvalue weighted by Gasteiger charge is 2.29. The zero-order valence-corrected chi connectivity index (χ0v) is 13.6. The molecule has 0 aliphatic heterocycles. The Morgan fingerprint density at radius 1 is 1.05 bits per heavy atom. The maximum atomic E-state index is 4.07. The molecule has 2 fully saturated rings. The minimum Gasteiger partial charge on any atom is -0.306 e. The fourth-order valence-corrected chi connectivity index (χ4v) is 5.00. The van der Waals surface area contributed by atoms with E-state index in [4.69, 9.17) is 0 Å². The lowest BCUT2D eigenvalue weighted by atomic mass is 9.94. The molecule has 1 aromatic heterocycles. The Kier molecular flexibility index (Phi) is 5.17. The van der Waals surface area contributed by atoms with Gasteiger partial charge in [0.2, 0.25) is 0 Å². The summed E-state index contributed by atoms with van der Waals surface area (Å²) < 4.78 is 0. The molecule has 112 valence electrons. The van der Waals surface area contributed by atoms with Gasteiger partial charge in [0.25, 0.3) is 0 Å². The highest BCUT2D eigenvalue weighted by atomic mass is 32.1. The van der Waals surface area contributed by atoms with Gasteiger partial charge in [0.15, 0.2) is 0 Å². The first kappa shape index (κ1) is 14.6. The summed E-state index contributed by atoms with van der Waals surface area (Å²) in [7, 11) is 0. The second kappa shape index (κ2) is 7.09. The van der Waals surface area contributed by atoms with Crippen molar-refractivity contribution >= 4 is 11.3 Å². The van der Waals surface area contributed by atoms with Crippen LogP contribution in [0.15, 0.2) is 17.5 Å². The first-order valence-corrected chi connectivity index (χ1v) is 9.50. The van der Waals surface area contributed by atoms with Crippen molar-refractivity contribution in [3.05, 3.63) is 22.4 Å². The average Bonchev–Trinajstić information content (AvgIpc) is 3.11. The molecule has 0 spiro atoms. The first-order valence-electron chi connectivity index (χ1n) is 8.62. The Morgan fingerprint density at radius 3 is 2.65 bits per heavy atom. The first-order chi connectivity index (χ1) is 9.83. The normalized spacial score (nSPS) is 30.2. The smallest absolute Gasteiger partial charge is 0.0445 e. The minimum atomic E-state index is 0.635. The molecule has 0 saturated heterocycles. The van der Waals surface area contributed by atoms with Gasteiger partial charge in [-0.25, -0.2) is 0 Å². The van der Waals surface area contributed by atoms with Gasteiger partial charge in [-0.05, 0) is 55.4 Å². The highest BCUT2D eigenvalue weighted by molar-refractivity contribution is 7.10. The van der Waals surface area contributed by atoms with E-state index in [1.807, 2.05) is 11.3 Å². The number of hydrogen-bond donors (Lipinski definition) is 1. The summed E-state index contributed by atoms with van der Waals surface area (Å²) in [6.07, 6.45) is 12.8. The maximum Gasteiger partial charge on any atom is 0.0445 e. The second-order valence-corrected chi connectivity index (χ2v) is 7.99. The third-order valence-corrected chi connectivity index (χ3v) is 6.35. The van der Waals surface area contributed by atoms with E-state index in [9.17, 15) is 0 Å². The van der Waals surface area contributed by atoms with Crippen molar-refractivity contribution in [2.24, 2.45) is 11.8 Å². The molecule has 1 N–H and O–H groups in total. The zero-order valence-electron chi connectivity index (χ0n) is 12.8. The molecule has 0 bridgehead atoms. The van der Waals surface area contributed by atoms with Crippen molar-refractivity contribution in [3.8, 4) is 0 Å². The lowest BCUT2D eigenvalue weighted by Crippen LogP contribution is -2.35. The fourth-order valence-electron chi connectivity index (χ4n) is 4.12. The van der Waals surface area contributed by atoms with Crippen LogP contribution in [0.3, 0.4) is 0 Å². The van der Waals surface area contributed by atoms with Crippen LogP contribution in [0, 0.1) is 11.8 Å². The average molecular weight is 292 g/mol. The summed E-state index contributed by atoms with van der Waals surface area (Å²) in [4.78, 5) is 1.58. The molecule has 2 heteroatoms. The van der Waals surface area contributed by atoms with Crippen molar-refractivity contribution in [1.82, 2.24) is 5.32 Å². The van der Waals surface area contributed by atoms with E-state index in [0.29, 0.717) is 6.04 Å². The molecule has 2 aliphatic rings. The molecule has 0 amide bonds. The van der Waals surface area contributed by atoms with Gasteiger partial charge in [0, 0.05) is 17.0 Å². The van der Waals surface area contributed by atoms with Crippen LogP contribution in [0.4, 0.5) is 0 Å². The predicted molar refractivity (Wildman–Crippen MR) is 88.2 cm³/mol. The molecule has 1 nitrogen and oxygen atoms in total. The molecule has 2 saturated carbocycles. The maximum absolute atomic E-state index is 4.07. The van der Waals surface area contributed by atoms with Crippen LogP contribution in [-0.4, -0.2) is 6.04 Å². The molecule has 2 aliphatic carbocycles. The monoisotopic (exact) mass is 291 g/mol. The van der Waals surface area contributed by atoms with Gasteiger partial charge < -0.3 is 5.32 Å². The summed E-state index contributed by atoms with van der Waals surface area (Å²) in [5.41, 5.74) is 0. The van der Waals surface area contributed by atoms with E-state index >= 15 is 0 Å². The topological polar surface area (TPSA) is 12.0 Å². The third-order valence-electron chi connectivity index (χ3n) is 5.39. The third kappa shape index (κ3) is 3.65. The van der Waals surface area contributed by atoms with Crippen LogP contribution in [0.5, 0.6) is 0 Å². The van der Waals surface area contributed by atoms with E-state index in [1.54, 1.807) is 4.88 Å². The summed E-state index contributed by atoms with van der Waals surface area (Å²) in [6, 6.07) is 5.96. The summed E-state index contributed by atoms with van der Waals surface area (Å²) in [5, 5.41) is 6.32. The van der Waals surface area contributed by atoms with Gasteiger partial charge in [-0.15, -0.1) is 11.3 Å². The van der Waals surface area contributed by atoms with E-state index in [0.717, 1.165) is 17.9 Å². The SMILES string of the molecule is CC1CCCC(NC(c2cccs2)C2CCCC2)CC1. The standard InChI is InChI=1S/C18H29NS/c1-14-6-4-9-16(12-11-14)19-18(15-7-2-3-8-15)17-10-5-13-20-17/h5,10,13-16,18-19H,2-4,6-9,11-12H2,1H3. The molecular weight excluding hydrogens is 262 g/mol. The quantitative estimate of drug-likeness (QED) is 0.718. The van der Waals surface area contributed by atoms with Gasteiger partial charge in [-0.2, -0.15) is 0 Å². The molecule has 1 heterocycles. The number of rotatable bonds is 4. The number of nitrogens with one attached hydrogen (secondary N) is 1. The van der Waals surface area contributed by atoms with Gasteiger partial charge >= 0.3 is 0 Å². The highest BCUT2D eigenvalue weighted by Crippen LogP contribution is 2.38. The Labute approximate surface area is 128 Å². The lowest BCUT2D eigenvalue weighted by molar-refractivity contribution is 0.313. The van der Waals surface area contributed by atoms with E-state index in [-0.39, 0.29) is 0 Å². The fraction of sp³-hybridized carbons (Fsp3) is 0.778. The summed E-state index contributed by atoms with van der Waals surface area (Å²) >= 11 is 1.95. The van der Waals surface area contributed by atoms with Gasteiger partial charge in [-0.1, -0.05) is 38.7 Å². The van der Waals surface area contributed by atoms with Crippen LogP contribution >= 0.6 is 11.3 Å². The van der Waals surface area contributed by atoms with Gasteiger partial charge in [0.05, 0.1) is 0 Å². The molecule has 0 radical (unpaired) electrons. The van der Waals surface area contributed by atoms with Gasteiger partial charge in [-0.3, -0.25) is 0 Å². The summed E-state index contributed by atoms with van der Waals surface area (Å²) in [6.45, 7) is 2.43. The molecule has 20 heavy (non-hydrogen) atoms.